The molecule has 3 N–H and O–H groups in total. The fourth-order valence-electron chi connectivity index (χ4n) is 2.19. The van der Waals surface area contributed by atoms with Crippen LogP contribution in [-0.4, -0.2) is 20.9 Å². The number of aryl methyl sites for hydroxylation is 1. The Balaban J connectivity index is 1.76. The lowest BCUT2D eigenvalue weighted by molar-refractivity contribution is 0.0947. The van der Waals surface area contributed by atoms with Gasteiger partial charge < -0.3 is 11.1 Å². The Morgan fingerprint density at radius 1 is 1.13 bits per heavy atom. The number of hydrogen-bond donors (Lipinski definition) is 2. The summed E-state index contributed by atoms with van der Waals surface area (Å²) in [5.74, 6) is -0.121. The molecule has 6 nitrogen and oxygen atoms in total. The van der Waals surface area contributed by atoms with Crippen LogP contribution < -0.4 is 11.1 Å². The van der Waals surface area contributed by atoms with Gasteiger partial charge in [-0.15, -0.1) is 5.10 Å². The standard InChI is InChI=1S/C17H17N5O/c1-12-7-9-14(10-8-12)22-16(18)15(20-21-22)17(23)19-11-13-5-3-2-4-6-13/h2-10H,11,18H2,1H3,(H,19,23). The van der Waals surface area contributed by atoms with E-state index in [1.807, 2.05) is 61.5 Å². The van der Waals surface area contributed by atoms with Crippen LogP contribution in [0.25, 0.3) is 5.69 Å². The summed E-state index contributed by atoms with van der Waals surface area (Å²) in [7, 11) is 0. The monoisotopic (exact) mass is 307 g/mol. The zero-order valence-electron chi connectivity index (χ0n) is 12.7. The highest BCUT2D eigenvalue weighted by molar-refractivity contribution is 5.96. The van der Waals surface area contributed by atoms with Gasteiger partial charge in [-0.05, 0) is 24.6 Å². The van der Waals surface area contributed by atoms with Crippen molar-refractivity contribution >= 4 is 11.7 Å². The highest BCUT2D eigenvalue weighted by atomic mass is 16.2. The van der Waals surface area contributed by atoms with Crippen molar-refractivity contribution in [2.24, 2.45) is 0 Å². The van der Waals surface area contributed by atoms with Gasteiger partial charge in [-0.1, -0.05) is 53.2 Å². The first-order valence-corrected chi connectivity index (χ1v) is 7.25. The minimum Gasteiger partial charge on any atom is -0.382 e. The molecule has 1 heterocycles. The van der Waals surface area contributed by atoms with Crippen LogP contribution in [0, 0.1) is 6.92 Å². The zero-order valence-corrected chi connectivity index (χ0v) is 12.7. The fraction of sp³-hybridized carbons (Fsp3) is 0.118. The smallest absolute Gasteiger partial charge is 0.275 e. The molecule has 0 saturated carbocycles. The number of carbonyl (C=O) groups is 1. The minimum absolute atomic E-state index is 0.126. The Hall–Kier alpha value is -3.15. The Kier molecular flexibility index (Phi) is 4.05. The van der Waals surface area contributed by atoms with Crippen LogP contribution in [0.3, 0.4) is 0 Å². The average molecular weight is 307 g/mol. The quantitative estimate of drug-likeness (QED) is 0.773. The lowest BCUT2D eigenvalue weighted by atomic mass is 10.2. The molecule has 6 heteroatoms. The molecule has 0 unspecified atom stereocenters. The van der Waals surface area contributed by atoms with Crippen LogP contribution >= 0.6 is 0 Å². The maximum atomic E-state index is 12.2. The van der Waals surface area contributed by atoms with Crippen LogP contribution in [0.15, 0.2) is 54.6 Å². The van der Waals surface area contributed by atoms with Gasteiger partial charge >= 0.3 is 0 Å². The van der Waals surface area contributed by atoms with Crippen molar-refractivity contribution in [1.82, 2.24) is 20.3 Å². The SMILES string of the molecule is Cc1ccc(-n2nnc(C(=O)NCc3ccccc3)c2N)cc1. The number of nitrogens with zero attached hydrogens (tertiary/aromatic N) is 3. The molecular formula is C17H17N5O. The number of rotatable bonds is 4. The molecule has 0 radical (unpaired) electrons. The Morgan fingerprint density at radius 3 is 2.52 bits per heavy atom. The predicted molar refractivity (Wildman–Crippen MR) is 88.1 cm³/mol. The van der Waals surface area contributed by atoms with E-state index >= 15 is 0 Å². The van der Waals surface area contributed by atoms with Gasteiger partial charge in [-0.2, -0.15) is 4.68 Å². The van der Waals surface area contributed by atoms with Crippen molar-refractivity contribution < 1.29 is 4.79 Å². The van der Waals surface area contributed by atoms with Gasteiger partial charge in [-0.3, -0.25) is 4.79 Å². The van der Waals surface area contributed by atoms with E-state index in [4.69, 9.17) is 5.73 Å². The average Bonchev–Trinajstić information content (AvgIpc) is 2.96. The maximum absolute atomic E-state index is 12.2. The Morgan fingerprint density at radius 2 is 1.83 bits per heavy atom. The number of nitrogen functional groups attached to an aromatic ring is 1. The summed E-state index contributed by atoms with van der Waals surface area (Å²) in [6.07, 6.45) is 0. The molecular weight excluding hydrogens is 290 g/mol. The molecule has 2 aromatic carbocycles. The number of nitrogens with two attached hydrogens (primary N) is 1. The van der Waals surface area contributed by atoms with Crippen LogP contribution in [0.2, 0.25) is 0 Å². The number of amides is 1. The van der Waals surface area contributed by atoms with E-state index in [9.17, 15) is 4.79 Å². The molecule has 3 rings (SSSR count). The van der Waals surface area contributed by atoms with E-state index < -0.39 is 0 Å². The third-order valence-electron chi connectivity index (χ3n) is 3.49. The Bertz CT molecular complexity index is 809. The van der Waals surface area contributed by atoms with Crippen molar-refractivity contribution in [3.05, 3.63) is 71.4 Å². The number of benzene rings is 2. The highest BCUT2D eigenvalue weighted by Gasteiger charge is 2.18. The molecule has 0 atom stereocenters. The molecule has 0 aliphatic heterocycles. The van der Waals surface area contributed by atoms with Crippen LogP contribution in [0.4, 0.5) is 5.82 Å². The van der Waals surface area contributed by atoms with Crippen molar-refractivity contribution in [2.75, 3.05) is 5.73 Å². The number of aromatic nitrogens is 3. The summed E-state index contributed by atoms with van der Waals surface area (Å²) >= 11 is 0. The van der Waals surface area contributed by atoms with Gasteiger partial charge in [0.25, 0.3) is 5.91 Å². The summed E-state index contributed by atoms with van der Waals surface area (Å²) in [6.45, 7) is 2.41. The van der Waals surface area contributed by atoms with Gasteiger partial charge in [0.05, 0.1) is 5.69 Å². The number of anilines is 1. The molecule has 116 valence electrons. The molecule has 0 aliphatic rings. The highest BCUT2D eigenvalue weighted by Crippen LogP contribution is 2.15. The van der Waals surface area contributed by atoms with Crippen molar-refractivity contribution in [3.63, 3.8) is 0 Å². The fourth-order valence-corrected chi connectivity index (χ4v) is 2.19. The summed E-state index contributed by atoms with van der Waals surface area (Å²) < 4.78 is 1.46. The lowest BCUT2D eigenvalue weighted by Gasteiger charge is -2.05. The van der Waals surface area contributed by atoms with Crippen molar-refractivity contribution in [2.45, 2.75) is 13.5 Å². The molecule has 0 saturated heterocycles. The topological polar surface area (TPSA) is 85.8 Å². The molecule has 3 aromatic rings. The third-order valence-corrected chi connectivity index (χ3v) is 3.49. The first kappa shape index (κ1) is 14.8. The molecule has 23 heavy (non-hydrogen) atoms. The molecule has 1 aromatic heterocycles. The molecule has 0 fully saturated rings. The van der Waals surface area contributed by atoms with E-state index in [-0.39, 0.29) is 17.4 Å². The molecule has 0 spiro atoms. The van der Waals surface area contributed by atoms with Crippen LogP contribution in [0.1, 0.15) is 21.6 Å². The molecule has 0 aliphatic carbocycles. The summed E-state index contributed by atoms with van der Waals surface area (Å²) in [5, 5.41) is 10.7. The van der Waals surface area contributed by atoms with E-state index in [1.165, 1.54) is 4.68 Å². The zero-order chi connectivity index (χ0) is 16.2. The first-order chi connectivity index (χ1) is 11.1. The van der Waals surface area contributed by atoms with Gasteiger partial charge in [-0.25, -0.2) is 0 Å². The minimum atomic E-state index is -0.343. The van der Waals surface area contributed by atoms with Crippen molar-refractivity contribution in [1.29, 1.82) is 0 Å². The second-order valence-electron chi connectivity index (χ2n) is 5.24. The van der Waals surface area contributed by atoms with E-state index in [0.717, 1.165) is 16.8 Å². The second-order valence-corrected chi connectivity index (χ2v) is 5.24. The summed E-state index contributed by atoms with van der Waals surface area (Å²) in [4.78, 5) is 12.2. The summed E-state index contributed by atoms with van der Waals surface area (Å²) in [5.41, 5.74) is 9.05. The first-order valence-electron chi connectivity index (χ1n) is 7.25. The van der Waals surface area contributed by atoms with E-state index in [2.05, 4.69) is 15.6 Å². The van der Waals surface area contributed by atoms with Gasteiger partial charge in [0, 0.05) is 6.54 Å². The van der Waals surface area contributed by atoms with E-state index in [0.29, 0.717) is 6.54 Å². The van der Waals surface area contributed by atoms with Gasteiger partial charge in [0.1, 0.15) is 0 Å². The van der Waals surface area contributed by atoms with E-state index in [1.54, 1.807) is 0 Å². The van der Waals surface area contributed by atoms with Gasteiger partial charge in [0.2, 0.25) is 0 Å². The lowest BCUT2D eigenvalue weighted by Crippen LogP contribution is -2.24. The number of carbonyl (C=O) groups excluding carboxylic acids is 1. The molecule has 1 amide bonds. The predicted octanol–water partition coefficient (Wildman–Crippen LogP) is 2.09. The molecule has 0 bridgehead atoms. The maximum Gasteiger partial charge on any atom is 0.275 e. The van der Waals surface area contributed by atoms with Crippen molar-refractivity contribution in [3.8, 4) is 5.69 Å². The number of hydrogen-bond acceptors (Lipinski definition) is 4. The Labute approximate surface area is 133 Å². The van der Waals surface area contributed by atoms with Crippen LogP contribution in [-0.2, 0) is 6.54 Å². The number of nitrogens with one attached hydrogen (secondary N) is 1. The second kappa shape index (κ2) is 6.31. The van der Waals surface area contributed by atoms with Crippen LogP contribution in [0.5, 0.6) is 0 Å². The normalized spacial score (nSPS) is 10.5. The summed E-state index contributed by atoms with van der Waals surface area (Å²) in [6, 6.07) is 17.3. The van der Waals surface area contributed by atoms with Gasteiger partial charge in [0.15, 0.2) is 11.5 Å². The largest absolute Gasteiger partial charge is 0.382 e. The third kappa shape index (κ3) is 3.21.